The smallest absolute Gasteiger partial charge is 0.0642 e. The van der Waals surface area contributed by atoms with Crippen LogP contribution in [-0.4, -0.2) is 38.1 Å². The van der Waals surface area contributed by atoms with Crippen LogP contribution >= 0.6 is 11.6 Å². The van der Waals surface area contributed by atoms with Crippen LogP contribution in [0.15, 0.2) is 18.2 Å². The molecule has 0 bridgehead atoms. The fraction of sp³-hybridized carbons (Fsp3) is 0.600. The molecule has 2 rings (SSSR count). The molecule has 0 aromatic heterocycles. The minimum absolute atomic E-state index is 0.0291. The maximum absolute atomic E-state index is 6.35. The average molecular weight is 282 g/mol. The Bertz CT molecular complexity index is 414. The van der Waals surface area contributed by atoms with Crippen molar-refractivity contribution in [1.29, 1.82) is 0 Å². The van der Waals surface area contributed by atoms with E-state index in [0.29, 0.717) is 0 Å². The maximum atomic E-state index is 6.35. The van der Waals surface area contributed by atoms with Gasteiger partial charge in [-0.3, -0.25) is 0 Å². The van der Waals surface area contributed by atoms with Gasteiger partial charge < -0.3 is 15.5 Å². The summed E-state index contributed by atoms with van der Waals surface area (Å²) in [5, 5.41) is 0.790. The number of likely N-dealkylation sites (tertiary alicyclic amines) is 1. The minimum Gasteiger partial charge on any atom is -0.372 e. The Morgan fingerprint density at radius 1 is 1.37 bits per heavy atom. The molecule has 1 heterocycles. The van der Waals surface area contributed by atoms with Crippen LogP contribution in [0, 0.1) is 0 Å². The lowest BCUT2D eigenvalue weighted by Gasteiger charge is -2.24. The minimum atomic E-state index is 0.0291. The van der Waals surface area contributed by atoms with E-state index in [1.807, 2.05) is 13.0 Å². The van der Waals surface area contributed by atoms with E-state index in [-0.39, 0.29) is 6.04 Å². The molecule has 1 aromatic rings. The summed E-state index contributed by atoms with van der Waals surface area (Å²) in [5.74, 6) is 0. The van der Waals surface area contributed by atoms with Crippen molar-refractivity contribution in [2.75, 3.05) is 38.1 Å². The predicted molar refractivity (Wildman–Crippen MR) is 83.0 cm³/mol. The molecule has 3 nitrogen and oxygen atoms in total. The number of halogens is 1. The molecule has 0 aliphatic carbocycles. The van der Waals surface area contributed by atoms with Crippen LogP contribution in [0.3, 0.4) is 0 Å². The summed E-state index contributed by atoms with van der Waals surface area (Å²) in [6.07, 6.45) is 2.68. The molecular weight excluding hydrogens is 258 g/mol. The third-order valence-corrected chi connectivity index (χ3v) is 4.16. The van der Waals surface area contributed by atoms with Crippen LogP contribution < -0.4 is 10.6 Å². The zero-order valence-electron chi connectivity index (χ0n) is 11.9. The quantitative estimate of drug-likeness (QED) is 0.901. The highest BCUT2D eigenvalue weighted by molar-refractivity contribution is 6.33. The van der Waals surface area contributed by atoms with E-state index in [1.165, 1.54) is 25.9 Å². The number of hydrogen-bond acceptors (Lipinski definition) is 3. The predicted octanol–water partition coefficient (Wildman–Crippen LogP) is 2.89. The van der Waals surface area contributed by atoms with Gasteiger partial charge in [0.05, 0.1) is 10.7 Å². The van der Waals surface area contributed by atoms with Crippen molar-refractivity contribution in [2.45, 2.75) is 25.8 Å². The molecule has 0 spiro atoms. The van der Waals surface area contributed by atoms with E-state index >= 15 is 0 Å². The van der Waals surface area contributed by atoms with E-state index in [0.717, 1.165) is 29.4 Å². The van der Waals surface area contributed by atoms with Gasteiger partial charge in [0, 0.05) is 26.2 Å². The fourth-order valence-corrected chi connectivity index (χ4v) is 2.87. The molecule has 1 aliphatic heterocycles. The van der Waals surface area contributed by atoms with Crippen molar-refractivity contribution in [1.82, 2.24) is 4.90 Å². The van der Waals surface area contributed by atoms with Crippen LogP contribution in [0.25, 0.3) is 0 Å². The van der Waals surface area contributed by atoms with Gasteiger partial charge in [0.25, 0.3) is 0 Å². The molecule has 1 fully saturated rings. The van der Waals surface area contributed by atoms with Crippen molar-refractivity contribution in [3.05, 3.63) is 28.8 Å². The van der Waals surface area contributed by atoms with E-state index in [4.69, 9.17) is 17.3 Å². The van der Waals surface area contributed by atoms with Gasteiger partial charge in [0.1, 0.15) is 0 Å². The highest BCUT2D eigenvalue weighted by Gasteiger charge is 2.13. The molecular formula is C15H24ClN3. The van der Waals surface area contributed by atoms with Gasteiger partial charge in [0.2, 0.25) is 0 Å². The molecule has 2 N–H and O–H groups in total. The summed E-state index contributed by atoms with van der Waals surface area (Å²) < 4.78 is 0. The lowest BCUT2D eigenvalue weighted by Crippen LogP contribution is -2.31. The van der Waals surface area contributed by atoms with Gasteiger partial charge in [-0.05, 0) is 50.6 Å². The lowest BCUT2D eigenvalue weighted by molar-refractivity contribution is 0.346. The summed E-state index contributed by atoms with van der Waals surface area (Å²) in [7, 11) is 2.10. The van der Waals surface area contributed by atoms with Crippen LogP contribution in [0.4, 0.5) is 5.69 Å². The molecule has 1 aliphatic rings. The van der Waals surface area contributed by atoms with Gasteiger partial charge in [-0.2, -0.15) is 0 Å². The van der Waals surface area contributed by atoms with Crippen molar-refractivity contribution < 1.29 is 0 Å². The summed E-state index contributed by atoms with van der Waals surface area (Å²) in [4.78, 5) is 4.74. The highest BCUT2D eigenvalue weighted by atomic mass is 35.5. The topological polar surface area (TPSA) is 32.5 Å². The molecule has 0 amide bonds. The normalized spacial score (nSPS) is 17.7. The zero-order valence-corrected chi connectivity index (χ0v) is 12.7. The molecule has 1 saturated heterocycles. The summed E-state index contributed by atoms with van der Waals surface area (Å²) in [6.45, 7) is 6.58. The molecule has 19 heavy (non-hydrogen) atoms. The largest absolute Gasteiger partial charge is 0.372 e. The summed E-state index contributed by atoms with van der Waals surface area (Å²) in [5.41, 5.74) is 8.04. The van der Waals surface area contributed by atoms with Crippen LogP contribution in [0.5, 0.6) is 0 Å². The van der Waals surface area contributed by atoms with Gasteiger partial charge in [-0.15, -0.1) is 0 Å². The molecule has 0 unspecified atom stereocenters. The number of benzene rings is 1. The third kappa shape index (κ3) is 3.85. The van der Waals surface area contributed by atoms with Crippen molar-refractivity contribution >= 4 is 17.3 Å². The standard InChI is InChI=1S/C15H24ClN3/c1-12(17)13-5-6-15(14(16)11-13)18(2)9-10-19-7-3-4-8-19/h5-6,11-12H,3-4,7-10,17H2,1-2H3/t12-/m1/s1. The van der Waals surface area contributed by atoms with Gasteiger partial charge in [-0.25, -0.2) is 0 Å². The van der Waals surface area contributed by atoms with E-state index < -0.39 is 0 Å². The van der Waals surface area contributed by atoms with Gasteiger partial charge >= 0.3 is 0 Å². The number of nitrogens with two attached hydrogens (primary N) is 1. The Morgan fingerprint density at radius 2 is 2.05 bits per heavy atom. The second-order valence-electron chi connectivity index (χ2n) is 5.47. The molecule has 0 radical (unpaired) electrons. The molecule has 1 aromatic carbocycles. The molecule has 4 heteroatoms. The fourth-order valence-electron chi connectivity index (χ4n) is 2.53. The Morgan fingerprint density at radius 3 is 2.63 bits per heavy atom. The average Bonchev–Trinajstić information content (AvgIpc) is 2.88. The summed E-state index contributed by atoms with van der Waals surface area (Å²) in [6, 6.07) is 6.15. The SMILES string of the molecule is C[C@@H](N)c1ccc(N(C)CCN2CCCC2)c(Cl)c1. The van der Waals surface area contributed by atoms with Crippen molar-refractivity contribution in [3.63, 3.8) is 0 Å². The zero-order chi connectivity index (χ0) is 13.8. The highest BCUT2D eigenvalue weighted by Crippen LogP contribution is 2.27. The van der Waals surface area contributed by atoms with E-state index in [9.17, 15) is 0 Å². The lowest BCUT2D eigenvalue weighted by atomic mass is 10.1. The van der Waals surface area contributed by atoms with E-state index in [1.54, 1.807) is 0 Å². The first-order chi connectivity index (χ1) is 9.08. The Kier molecular flexibility index (Phi) is 5.08. The number of hydrogen-bond donors (Lipinski definition) is 1. The number of rotatable bonds is 5. The molecule has 106 valence electrons. The number of anilines is 1. The van der Waals surface area contributed by atoms with Gasteiger partial charge in [0.15, 0.2) is 0 Å². The van der Waals surface area contributed by atoms with Crippen LogP contribution in [0.2, 0.25) is 5.02 Å². The first-order valence-corrected chi connectivity index (χ1v) is 7.44. The third-order valence-electron chi connectivity index (χ3n) is 3.86. The van der Waals surface area contributed by atoms with Crippen LogP contribution in [-0.2, 0) is 0 Å². The van der Waals surface area contributed by atoms with Crippen molar-refractivity contribution in [3.8, 4) is 0 Å². The first-order valence-electron chi connectivity index (χ1n) is 7.06. The maximum Gasteiger partial charge on any atom is 0.0642 e. The van der Waals surface area contributed by atoms with Gasteiger partial charge in [-0.1, -0.05) is 17.7 Å². The Hall–Kier alpha value is -0.770. The first kappa shape index (κ1) is 14.6. The molecule has 1 atom stereocenters. The number of nitrogens with zero attached hydrogens (tertiary/aromatic N) is 2. The molecule has 0 saturated carbocycles. The van der Waals surface area contributed by atoms with Crippen LogP contribution in [0.1, 0.15) is 31.4 Å². The monoisotopic (exact) mass is 281 g/mol. The number of likely N-dealkylation sites (N-methyl/N-ethyl adjacent to an activating group) is 1. The Labute approximate surface area is 121 Å². The summed E-state index contributed by atoms with van der Waals surface area (Å²) >= 11 is 6.35. The second kappa shape index (κ2) is 6.60. The van der Waals surface area contributed by atoms with E-state index in [2.05, 4.69) is 29.0 Å². The second-order valence-corrected chi connectivity index (χ2v) is 5.88. The van der Waals surface area contributed by atoms with Crippen molar-refractivity contribution in [2.24, 2.45) is 5.73 Å². The Balaban J connectivity index is 1.96.